The molecule has 2 rings (SSSR count). The number of hydrogen-bond donors (Lipinski definition) is 2. The van der Waals surface area contributed by atoms with Gasteiger partial charge in [0.05, 0.1) is 19.8 Å². The molecule has 2 aliphatic heterocycles. The van der Waals surface area contributed by atoms with E-state index in [9.17, 15) is 0 Å². The predicted molar refractivity (Wildman–Crippen MR) is 109 cm³/mol. The van der Waals surface area contributed by atoms with E-state index in [4.69, 9.17) is 9.73 Å². The van der Waals surface area contributed by atoms with Crippen LogP contribution in [-0.2, 0) is 4.74 Å². The van der Waals surface area contributed by atoms with Crippen molar-refractivity contribution < 1.29 is 4.74 Å². The second-order valence-electron chi connectivity index (χ2n) is 7.50. The first-order chi connectivity index (χ1) is 12.7. The monoisotopic (exact) mass is 368 g/mol. The molecule has 7 nitrogen and oxygen atoms in total. The van der Waals surface area contributed by atoms with Crippen LogP contribution in [0.5, 0.6) is 0 Å². The Morgan fingerprint density at radius 1 is 1.08 bits per heavy atom. The molecule has 1 atom stereocenters. The molecule has 2 fully saturated rings. The Kier molecular flexibility index (Phi) is 10.3. The number of morpholine rings is 1. The number of aliphatic imine (C=N–C) groups is 1. The molecule has 0 aromatic rings. The minimum atomic E-state index is 0.462. The maximum atomic E-state index is 5.43. The van der Waals surface area contributed by atoms with Gasteiger partial charge in [-0.3, -0.25) is 9.89 Å². The number of nitrogens with zero attached hydrogens (tertiary/aromatic N) is 4. The van der Waals surface area contributed by atoms with Crippen molar-refractivity contribution in [2.45, 2.75) is 32.7 Å². The van der Waals surface area contributed by atoms with Gasteiger partial charge in [-0.1, -0.05) is 0 Å². The maximum Gasteiger partial charge on any atom is 0.191 e. The normalized spacial score (nSPS) is 22.8. The molecule has 2 aliphatic rings. The van der Waals surface area contributed by atoms with Gasteiger partial charge in [-0.15, -0.1) is 0 Å². The predicted octanol–water partition coefficient (Wildman–Crippen LogP) is 0.290. The Morgan fingerprint density at radius 2 is 1.88 bits per heavy atom. The van der Waals surface area contributed by atoms with Gasteiger partial charge in [0.25, 0.3) is 0 Å². The highest BCUT2D eigenvalue weighted by atomic mass is 16.5. The number of nitrogens with one attached hydrogen (secondary N) is 2. The second-order valence-corrected chi connectivity index (χ2v) is 7.50. The largest absolute Gasteiger partial charge is 0.379 e. The van der Waals surface area contributed by atoms with Crippen LogP contribution in [0.15, 0.2) is 4.99 Å². The van der Waals surface area contributed by atoms with Crippen LogP contribution in [0.2, 0.25) is 0 Å². The summed E-state index contributed by atoms with van der Waals surface area (Å²) in [5.74, 6) is 0.947. The van der Waals surface area contributed by atoms with E-state index in [1.54, 1.807) is 0 Å². The molecule has 2 N–H and O–H groups in total. The maximum absolute atomic E-state index is 5.43. The molecule has 26 heavy (non-hydrogen) atoms. The molecule has 2 saturated heterocycles. The number of guanidine groups is 1. The van der Waals surface area contributed by atoms with Crippen LogP contribution in [0.25, 0.3) is 0 Å². The van der Waals surface area contributed by atoms with Gasteiger partial charge in [0, 0.05) is 45.3 Å². The standard InChI is InChI=1S/C19H40N6O/c1-4-20-19(22-17-18(2)25-13-15-26-16-14-25)21-7-5-9-24-10-6-8-23(3)11-12-24/h18H,4-17H2,1-3H3,(H2,20,21,22). The third kappa shape index (κ3) is 8.20. The molecule has 0 bridgehead atoms. The number of hydrogen-bond acceptors (Lipinski definition) is 5. The van der Waals surface area contributed by atoms with Crippen molar-refractivity contribution in [3.63, 3.8) is 0 Å². The molecule has 0 aromatic heterocycles. The van der Waals surface area contributed by atoms with E-state index in [0.29, 0.717) is 6.04 Å². The molecule has 152 valence electrons. The number of ether oxygens (including phenoxy) is 1. The molecule has 7 heteroatoms. The first-order valence-corrected chi connectivity index (χ1v) is 10.4. The Balaban J connectivity index is 1.66. The van der Waals surface area contributed by atoms with Gasteiger partial charge < -0.3 is 25.2 Å². The van der Waals surface area contributed by atoms with Gasteiger partial charge in [0.15, 0.2) is 5.96 Å². The van der Waals surface area contributed by atoms with E-state index < -0.39 is 0 Å². The van der Waals surface area contributed by atoms with Crippen LogP contribution in [0.3, 0.4) is 0 Å². The van der Waals surface area contributed by atoms with Crippen LogP contribution in [0.1, 0.15) is 26.7 Å². The highest BCUT2D eigenvalue weighted by Gasteiger charge is 2.16. The first kappa shape index (κ1) is 21.4. The van der Waals surface area contributed by atoms with Gasteiger partial charge in [0.2, 0.25) is 0 Å². The van der Waals surface area contributed by atoms with Crippen LogP contribution in [0, 0.1) is 0 Å². The van der Waals surface area contributed by atoms with E-state index in [2.05, 4.69) is 46.2 Å². The van der Waals surface area contributed by atoms with Gasteiger partial charge in [-0.2, -0.15) is 0 Å². The molecule has 0 spiro atoms. The zero-order chi connectivity index (χ0) is 18.6. The lowest BCUT2D eigenvalue weighted by Crippen LogP contribution is -2.44. The van der Waals surface area contributed by atoms with Crippen molar-refractivity contribution in [3.05, 3.63) is 0 Å². The van der Waals surface area contributed by atoms with Crippen molar-refractivity contribution >= 4 is 5.96 Å². The SMILES string of the molecule is CCNC(=NCC(C)N1CCOCC1)NCCCN1CCCN(C)CC1. The Bertz CT molecular complexity index is 399. The van der Waals surface area contributed by atoms with Crippen LogP contribution in [0.4, 0.5) is 0 Å². The molecule has 2 heterocycles. The van der Waals surface area contributed by atoms with E-state index >= 15 is 0 Å². The Hall–Kier alpha value is -0.890. The lowest BCUT2D eigenvalue weighted by molar-refractivity contribution is 0.0220. The topological polar surface area (TPSA) is 55.4 Å². The minimum Gasteiger partial charge on any atom is -0.379 e. The van der Waals surface area contributed by atoms with Crippen molar-refractivity contribution in [3.8, 4) is 0 Å². The third-order valence-corrected chi connectivity index (χ3v) is 5.28. The van der Waals surface area contributed by atoms with E-state index in [-0.39, 0.29) is 0 Å². The summed E-state index contributed by atoms with van der Waals surface area (Å²) in [5, 5.41) is 6.87. The summed E-state index contributed by atoms with van der Waals surface area (Å²) in [5.41, 5.74) is 0. The summed E-state index contributed by atoms with van der Waals surface area (Å²) in [7, 11) is 2.22. The summed E-state index contributed by atoms with van der Waals surface area (Å²) in [6, 6.07) is 0.462. The average Bonchev–Trinajstić information content (AvgIpc) is 2.87. The first-order valence-electron chi connectivity index (χ1n) is 10.4. The summed E-state index contributed by atoms with van der Waals surface area (Å²) < 4.78 is 5.43. The highest BCUT2D eigenvalue weighted by molar-refractivity contribution is 5.79. The summed E-state index contributed by atoms with van der Waals surface area (Å²) in [4.78, 5) is 12.3. The van der Waals surface area contributed by atoms with Gasteiger partial charge in [-0.05, 0) is 53.4 Å². The van der Waals surface area contributed by atoms with Crippen LogP contribution < -0.4 is 10.6 Å². The highest BCUT2D eigenvalue weighted by Crippen LogP contribution is 2.04. The molecule has 0 radical (unpaired) electrons. The fourth-order valence-electron chi connectivity index (χ4n) is 3.53. The Labute approximate surface area is 160 Å². The van der Waals surface area contributed by atoms with Gasteiger partial charge in [0.1, 0.15) is 0 Å². The quantitative estimate of drug-likeness (QED) is 0.365. The molecular formula is C19H40N6O. The summed E-state index contributed by atoms with van der Waals surface area (Å²) >= 11 is 0. The molecule has 0 saturated carbocycles. The third-order valence-electron chi connectivity index (χ3n) is 5.28. The summed E-state index contributed by atoms with van der Waals surface area (Å²) in [6.45, 7) is 16.8. The summed E-state index contributed by atoms with van der Waals surface area (Å²) in [6.07, 6.45) is 2.45. The number of likely N-dealkylation sites (N-methyl/N-ethyl adjacent to an activating group) is 1. The average molecular weight is 369 g/mol. The molecular weight excluding hydrogens is 328 g/mol. The van der Waals surface area contributed by atoms with Gasteiger partial charge >= 0.3 is 0 Å². The fourth-order valence-corrected chi connectivity index (χ4v) is 3.53. The van der Waals surface area contributed by atoms with Crippen molar-refractivity contribution in [2.24, 2.45) is 4.99 Å². The molecule has 0 aromatic carbocycles. The van der Waals surface area contributed by atoms with Crippen LogP contribution in [-0.4, -0.2) is 112 Å². The van der Waals surface area contributed by atoms with E-state index in [0.717, 1.165) is 58.3 Å². The zero-order valence-corrected chi connectivity index (χ0v) is 17.2. The zero-order valence-electron chi connectivity index (χ0n) is 17.2. The van der Waals surface area contributed by atoms with E-state index in [1.165, 1.54) is 39.1 Å². The van der Waals surface area contributed by atoms with Crippen molar-refractivity contribution in [2.75, 3.05) is 85.7 Å². The molecule has 0 amide bonds. The van der Waals surface area contributed by atoms with Gasteiger partial charge in [-0.25, -0.2) is 0 Å². The lowest BCUT2D eigenvalue weighted by atomic mass is 10.2. The van der Waals surface area contributed by atoms with Crippen molar-refractivity contribution in [1.82, 2.24) is 25.3 Å². The minimum absolute atomic E-state index is 0.462. The fraction of sp³-hybridized carbons (Fsp3) is 0.947. The lowest BCUT2D eigenvalue weighted by Gasteiger charge is -2.31. The smallest absolute Gasteiger partial charge is 0.191 e. The Morgan fingerprint density at radius 3 is 2.65 bits per heavy atom. The van der Waals surface area contributed by atoms with Crippen LogP contribution >= 0.6 is 0 Å². The number of rotatable bonds is 8. The van der Waals surface area contributed by atoms with Crippen molar-refractivity contribution in [1.29, 1.82) is 0 Å². The molecule has 0 aliphatic carbocycles. The molecule has 1 unspecified atom stereocenters. The second kappa shape index (κ2) is 12.5. The van der Waals surface area contributed by atoms with E-state index in [1.807, 2.05) is 0 Å².